The van der Waals surface area contributed by atoms with E-state index in [0.29, 0.717) is 0 Å². The first-order valence-electron chi connectivity index (χ1n) is 4.37. The van der Waals surface area contributed by atoms with Crippen molar-refractivity contribution in [2.45, 2.75) is 19.1 Å². The minimum absolute atomic E-state index is 0.238. The highest BCUT2D eigenvalue weighted by molar-refractivity contribution is 7.96. The average molecular weight is 235 g/mol. The van der Waals surface area contributed by atoms with Gasteiger partial charge in [-0.05, 0) is 18.7 Å². The lowest BCUT2D eigenvalue weighted by atomic mass is 10.1. The van der Waals surface area contributed by atoms with Crippen molar-refractivity contribution < 1.29 is 13.2 Å². The van der Waals surface area contributed by atoms with Gasteiger partial charge in [0.05, 0.1) is 0 Å². The van der Waals surface area contributed by atoms with Crippen LogP contribution in [0.25, 0.3) is 0 Å². The summed E-state index contributed by atoms with van der Waals surface area (Å²) in [6.07, 6.45) is -2.69. The quantitative estimate of drug-likeness (QED) is 0.805. The summed E-state index contributed by atoms with van der Waals surface area (Å²) >= 11 is 0.966. The largest absolute Gasteiger partial charge is 0.408 e. The third kappa shape index (κ3) is 3.43. The van der Waals surface area contributed by atoms with Crippen LogP contribution in [0.5, 0.6) is 0 Å². The first kappa shape index (κ1) is 12.4. The molecule has 0 spiro atoms. The molecule has 1 nitrogen and oxygen atoms in total. The van der Waals surface area contributed by atoms with E-state index in [0.717, 1.165) is 17.5 Å². The van der Waals surface area contributed by atoms with Crippen LogP contribution in [-0.2, 0) is 0 Å². The number of halogens is 3. The summed E-state index contributed by atoms with van der Waals surface area (Å²) in [5.74, 6) is 0. The molecule has 0 saturated carbocycles. The van der Waals surface area contributed by atoms with Gasteiger partial charge in [0.2, 0.25) is 0 Å². The van der Waals surface area contributed by atoms with Crippen LogP contribution in [0.1, 0.15) is 17.2 Å². The molecule has 1 aromatic carbocycles. The molecule has 0 fully saturated rings. The second-order valence-corrected chi connectivity index (χ2v) is 3.85. The van der Waals surface area contributed by atoms with Gasteiger partial charge >= 0.3 is 6.18 Å². The molecule has 84 valence electrons. The van der Waals surface area contributed by atoms with Gasteiger partial charge in [0.25, 0.3) is 0 Å². The molecule has 1 N–H and O–H groups in total. The summed E-state index contributed by atoms with van der Waals surface area (Å²) in [4.78, 5) is 0. The van der Waals surface area contributed by atoms with Gasteiger partial charge in [0, 0.05) is 0 Å². The van der Waals surface area contributed by atoms with Crippen molar-refractivity contribution in [2.24, 2.45) is 0 Å². The maximum Gasteiger partial charge on any atom is 0.408 e. The lowest BCUT2D eigenvalue weighted by Gasteiger charge is -2.20. The molecule has 0 aromatic heterocycles. The lowest BCUT2D eigenvalue weighted by Crippen LogP contribution is -2.30. The SMILES string of the molecule is CSN[C@@H](c1ccc(C)cc1)C(F)(F)F. The van der Waals surface area contributed by atoms with Gasteiger partial charge in [-0.25, -0.2) is 4.72 Å². The summed E-state index contributed by atoms with van der Waals surface area (Å²) in [5, 5.41) is 0. The third-order valence-corrected chi connectivity index (χ3v) is 2.45. The zero-order valence-electron chi connectivity index (χ0n) is 8.43. The molecule has 0 unspecified atom stereocenters. The van der Waals surface area contributed by atoms with Crippen LogP contribution in [0.4, 0.5) is 13.2 Å². The number of hydrogen-bond donors (Lipinski definition) is 1. The second-order valence-electron chi connectivity index (χ2n) is 3.21. The van der Waals surface area contributed by atoms with Crippen LogP contribution in [0.3, 0.4) is 0 Å². The molecule has 1 atom stereocenters. The van der Waals surface area contributed by atoms with Crippen LogP contribution >= 0.6 is 11.9 Å². The number of rotatable bonds is 3. The van der Waals surface area contributed by atoms with E-state index < -0.39 is 12.2 Å². The standard InChI is InChI=1S/C10H12F3NS/c1-7-3-5-8(6-4-7)9(14-15-2)10(11,12)13/h3-6,9,14H,1-2H3/t9-/m0/s1. The molecule has 15 heavy (non-hydrogen) atoms. The van der Waals surface area contributed by atoms with Crippen molar-refractivity contribution in [3.63, 3.8) is 0 Å². The normalized spacial score (nSPS) is 13.9. The van der Waals surface area contributed by atoms with E-state index in [9.17, 15) is 13.2 Å². The number of hydrogen-bond acceptors (Lipinski definition) is 2. The van der Waals surface area contributed by atoms with E-state index in [1.165, 1.54) is 12.1 Å². The van der Waals surface area contributed by atoms with Crippen LogP contribution in [0, 0.1) is 6.92 Å². The highest BCUT2D eigenvalue weighted by atomic mass is 32.2. The van der Waals surface area contributed by atoms with Gasteiger partial charge in [-0.15, -0.1) is 0 Å². The van der Waals surface area contributed by atoms with Crippen LogP contribution in [0.2, 0.25) is 0 Å². The van der Waals surface area contributed by atoms with Gasteiger partial charge in [0.1, 0.15) is 6.04 Å². The van der Waals surface area contributed by atoms with E-state index in [1.807, 2.05) is 6.92 Å². The van der Waals surface area contributed by atoms with Gasteiger partial charge in [-0.2, -0.15) is 13.2 Å². The molecule has 0 radical (unpaired) electrons. The summed E-state index contributed by atoms with van der Waals surface area (Å²) in [6, 6.07) is 4.74. The first-order chi connectivity index (χ1) is 6.95. The number of alkyl halides is 3. The first-order valence-corrected chi connectivity index (χ1v) is 5.59. The fourth-order valence-corrected chi connectivity index (χ4v) is 1.71. The van der Waals surface area contributed by atoms with E-state index >= 15 is 0 Å². The Morgan fingerprint density at radius 2 is 1.73 bits per heavy atom. The Morgan fingerprint density at radius 3 is 2.13 bits per heavy atom. The Balaban J connectivity index is 2.94. The zero-order chi connectivity index (χ0) is 11.5. The Hall–Kier alpha value is -0.680. The smallest absolute Gasteiger partial charge is 0.248 e. The molecule has 0 bridgehead atoms. The molecule has 5 heteroatoms. The lowest BCUT2D eigenvalue weighted by molar-refractivity contribution is -0.152. The van der Waals surface area contributed by atoms with E-state index in [-0.39, 0.29) is 5.56 Å². The molecular weight excluding hydrogens is 223 g/mol. The average Bonchev–Trinajstić information content (AvgIpc) is 2.14. The van der Waals surface area contributed by atoms with Gasteiger partial charge in [-0.1, -0.05) is 41.8 Å². The highest BCUT2D eigenvalue weighted by Crippen LogP contribution is 2.33. The number of benzene rings is 1. The molecule has 1 rings (SSSR count). The van der Waals surface area contributed by atoms with E-state index in [2.05, 4.69) is 4.72 Å². The Kier molecular flexibility index (Phi) is 4.04. The molecule has 0 aliphatic heterocycles. The molecule has 0 aliphatic rings. The summed E-state index contributed by atoms with van der Waals surface area (Å²) < 4.78 is 40.2. The molecule has 0 saturated heterocycles. The maximum absolute atomic E-state index is 12.6. The van der Waals surface area contributed by atoms with Crippen molar-refractivity contribution in [3.8, 4) is 0 Å². The van der Waals surface area contributed by atoms with Crippen molar-refractivity contribution in [2.75, 3.05) is 6.26 Å². The van der Waals surface area contributed by atoms with Crippen molar-refractivity contribution in [1.29, 1.82) is 0 Å². The monoisotopic (exact) mass is 235 g/mol. The van der Waals surface area contributed by atoms with Crippen molar-refractivity contribution in [1.82, 2.24) is 4.72 Å². The second kappa shape index (κ2) is 4.90. The topological polar surface area (TPSA) is 12.0 Å². The van der Waals surface area contributed by atoms with Crippen LogP contribution < -0.4 is 4.72 Å². The maximum atomic E-state index is 12.6. The predicted molar refractivity (Wildman–Crippen MR) is 56.6 cm³/mol. The van der Waals surface area contributed by atoms with Crippen molar-refractivity contribution in [3.05, 3.63) is 35.4 Å². The molecule has 0 heterocycles. The van der Waals surface area contributed by atoms with Gasteiger partial charge < -0.3 is 0 Å². The predicted octanol–water partition coefficient (Wildman–Crippen LogP) is 3.47. The fraction of sp³-hybridized carbons (Fsp3) is 0.400. The molecular formula is C10H12F3NS. The minimum Gasteiger partial charge on any atom is -0.248 e. The van der Waals surface area contributed by atoms with Gasteiger partial charge in [0.15, 0.2) is 0 Å². The highest BCUT2D eigenvalue weighted by Gasteiger charge is 2.40. The minimum atomic E-state index is -4.27. The molecule has 0 aliphatic carbocycles. The Bertz CT molecular complexity index is 307. The molecule has 1 aromatic rings. The fourth-order valence-electron chi connectivity index (χ4n) is 1.20. The van der Waals surface area contributed by atoms with Crippen molar-refractivity contribution >= 4 is 11.9 Å². The number of aryl methyl sites for hydroxylation is 1. The summed E-state index contributed by atoms with van der Waals surface area (Å²) in [7, 11) is 0. The van der Waals surface area contributed by atoms with Gasteiger partial charge in [-0.3, -0.25) is 0 Å². The summed E-state index contributed by atoms with van der Waals surface area (Å²) in [6.45, 7) is 1.84. The summed E-state index contributed by atoms with van der Waals surface area (Å²) in [5.41, 5.74) is 1.19. The zero-order valence-corrected chi connectivity index (χ0v) is 9.25. The molecule has 0 amide bonds. The Morgan fingerprint density at radius 1 is 1.20 bits per heavy atom. The van der Waals surface area contributed by atoms with Crippen LogP contribution in [-0.4, -0.2) is 12.4 Å². The number of nitrogens with one attached hydrogen (secondary N) is 1. The van der Waals surface area contributed by atoms with E-state index in [4.69, 9.17) is 0 Å². The third-order valence-electron chi connectivity index (χ3n) is 1.97. The van der Waals surface area contributed by atoms with E-state index in [1.54, 1.807) is 18.4 Å². The van der Waals surface area contributed by atoms with Crippen LogP contribution in [0.15, 0.2) is 24.3 Å². The Labute approximate surface area is 91.2 Å².